The number of hydrogen-bond donors (Lipinski definition) is 2. The lowest BCUT2D eigenvalue weighted by atomic mass is 10.1. The van der Waals surface area contributed by atoms with Crippen LogP contribution in [0.2, 0.25) is 0 Å². The lowest BCUT2D eigenvalue weighted by Crippen LogP contribution is -2.29. The molecule has 0 radical (unpaired) electrons. The van der Waals surface area contributed by atoms with Crippen LogP contribution in [-0.4, -0.2) is 49.3 Å². The van der Waals surface area contributed by atoms with E-state index < -0.39 is 32.5 Å². The van der Waals surface area contributed by atoms with Crippen LogP contribution in [0.1, 0.15) is 168 Å². The van der Waals surface area contributed by atoms with Crippen LogP contribution >= 0.6 is 7.82 Å². The molecule has 0 rings (SSSR count). The van der Waals surface area contributed by atoms with Crippen molar-refractivity contribution in [2.45, 2.75) is 174 Å². The van der Waals surface area contributed by atoms with E-state index in [2.05, 4.69) is 32.1 Å². The molecule has 0 fully saturated rings. The number of carbonyl (C=O) groups excluding carboxylic acids is 2. The molecule has 0 bridgehead atoms. The molecule has 0 saturated heterocycles. The zero-order valence-corrected chi connectivity index (χ0v) is 35.5. The van der Waals surface area contributed by atoms with Crippen LogP contribution < -0.4 is 5.73 Å². The van der Waals surface area contributed by atoms with Crippen LogP contribution in [0.5, 0.6) is 0 Å². The molecular weight excluding hydrogens is 713 g/mol. The maximum atomic E-state index is 12.5. The Hall–Kier alpha value is -2.55. The smallest absolute Gasteiger partial charge is 0.462 e. The lowest BCUT2D eigenvalue weighted by molar-refractivity contribution is -0.161. The highest BCUT2D eigenvalue weighted by Gasteiger charge is 2.25. The second-order valence-corrected chi connectivity index (χ2v) is 15.4. The van der Waals surface area contributed by atoms with E-state index in [1.807, 2.05) is 54.7 Å². The van der Waals surface area contributed by atoms with Crippen molar-refractivity contribution in [1.82, 2.24) is 0 Å². The Morgan fingerprint density at radius 1 is 0.564 bits per heavy atom. The Morgan fingerprint density at radius 3 is 1.58 bits per heavy atom. The molecule has 2 unspecified atom stereocenters. The van der Waals surface area contributed by atoms with Gasteiger partial charge in [-0.1, -0.05) is 177 Å². The summed E-state index contributed by atoms with van der Waals surface area (Å²) in [6.07, 6.45) is 49.6. The summed E-state index contributed by atoms with van der Waals surface area (Å²) in [5.41, 5.74) is 5.33. The average molecular weight is 792 g/mol. The number of phosphoric ester groups is 1. The second kappa shape index (κ2) is 41.1. The van der Waals surface area contributed by atoms with Crippen LogP contribution in [0.3, 0.4) is 0 Å². The van der Waals surface area contributed by atoms with E-state index >= 15 is 0 Å². The summed E-state index contributed by atoms with van der Waals surface area (Å²) in [5, 5.41) is 0. The lowest BCUT2D eigenvalue weighted by Gasteiger charge is -2.19. The predicted molar refractivity (Wildman–Crippen MR) is 229 cm³/mol. The number of allylic oxidation sites excluding steroid dienone is 12. The van der Waals surface area contributed by atoms with E-state index in [9.17, 15) is 19.0 Å². The molecule has 0 aromatic carbocycles. The van der Waals surface area contributed by atoms with Gasteiger partial charge in [0, 0.05) is 19.4 Å². The van der Waals surface area contributed by atoms with Gasteiger partial charge in [-0.05, 0) is 51.4 Å². The number of esters is 2. The molecule has 0 saturated carbocycles. The molecule has 0 spiro atoms. The van der Waals surface area contributed by atoms with Crippen molar-refractivity contribution in [2.24, 2.45) is 5.73 Å². The molecule has 316 valence electrons. The van der Waals surface area contributed by atoms with E-state index in [0.717, 1.165) is 32.1 Å². The fraction of sp³-hybridized carbons (Fsp3) is 0.689. The fourth-order valence-electron chi connectivity index (χ4n) is 5.54. The molecule has 0 heterocycles. The molecule has 0 aliphatic heterocycles. The van der Waals surface area contributed by atoms with E-state index in [1.54, 1.807) is 0 Å². The monoisotopic (exact) mass is 792 g/mol. The normalized spacial score (nSPS) is 14.0. The summed E-state index contributed by atoms with van der Waals surface area (Å²) in [6, 6.07) is 0. The van der Waals surface area contributed by atoms with Crippen molar-refractivity contribution in [3.63, 3.8) is 0 Å². The summed E-state index contributed by atoms with van der Waals surface area (Å²) < 4.78 is 32.6. The van der Waals surface area contributed by atoms with Crippen LogP contribution in [-0.2, 0) is 32.7 Å². The minimum Gasteiger partial charge on any atom is -0.462 e. The second-order valence-electron chi connectivity index (χ2n) is 13.9. The van der Waals surface area contributed by atoms with Crippen molar-refractivity contribution >= 4 is 19.8 Å². The van der Waals surface area contributed by atoms with Gasteiger partial charge in [0.15, 0.2) is 6.10 Å². The van der Waals surface area contributed by atoms with Crippen molar-refractivity contribution in [3.8, 4) is 0 Å². The van der Waals surface area contributed by atoms with Crippen LogP contribution in [0.25, 0.3) is 0 Å². The number of rotatable bonds is 39. The summed E-state index contributed by atoms with van der Waals surface area (Å²) >= 11 is 0. The third-order valence-corrected chi connectivity index (χ3v) is 9.69. The first-order chi connectivity index (χ1) is 26.8. The first-order valence-electron chi connectivity index (χ1n) is 21.5. The molecule has 55 heavy (non-hydrogen) atoms. The van der Waals surface area contributed by atoms with E-state index in [4.69, 9.17) is 24.3 Å². The van der Waals surface area contributed by atoms with Gasteiger partial charge < -0.3 is 20.1 Å². The predicted octanol–water partition coefficient (Wildman–Crippen LogP) is 12.3. The zero-order chi connectivity index (χ0) is 40.3. The molecule has 0 amide bonds. The highest BCUT2D eigenvalue weighted by molar-refractivity contribution is 7.47. The third-order valence-electron chi connectivity index (χ3n) is 8.70. The Kier molecular flexibility index (Phi) is 39.2. The van der Waals surface area contributed by atoms with E-state index in [-0.39, 0.29) is 32.6 Å². The van der Waals surface area contributed by atoms with Gasteiger partial charge in [0.05, 0.1) is 13.2 Å². The van der Waals surface area contributed by atoms with Gasteiger partial charge in [-0.2, -0.15) is 0 Å². The molecule has 2 atom stereocenters. The first kappa shape index (κ1) is 52.5. The summed E-state index contributed by atoms with van der Waals surface area (Å²) in [4.78, 5) is 34.8. The zero-order valence-electron chi connectivity index (χ0n) is 34.6. The maximum absolute atomic E-state index is 12.5. The summed E-state index contributed by atoms with van der Waals surface area (Å²) in [5.74, 6) is -0.925. The van der Waals surface area contributed by atoms with Gasteiger partial charge >= 0.3 is 19.8 Å². The van der Waals surface area contributed by atoms with E-state index in [0.29, 0.717) is 19.3 Å². The van der Waals surface area contributed by atoms with Crippen LogP contribution in [0.15, 0.2) is 72.9 Å². The van der Waals surface area contributed by atoms with Crippen molar-refractivity contribution in [2.75, 3.05) is 26.4 Å². The molecule has 9 nitrogen and oxygen atoms in total. The van der Waals surface area contributed by atoms with Gasteiger partial charge in [-0.25, -0.2) is 4.57 Å². The molecule has 10 heteroatoms. The van der Waals surface area contributed by atoms with Gasteiger partial charge in [0.25, 0.3) is 0 Å². The number of hydrogen-bond acceptors (Lipinski definition) is 8. The van der Waals surface area contributed by atoms with Gasteiger partial charge in [-0.3, -0.25) is 18.6 Å². The average Bonchev–Trinajstić information content (AvgIpc) is 3.17. The number of nitrogens with two attached hydrogens (primary N) is 1. The number of ether oxygens (including phenoxy) is 2. The fourth-order valence-corrected chi connectivity index (χ4v) is 6.31. The Labute approximate surface area is 335 Å². The molecule has 3 N–H and O–H groups in total. The summed E-state index contributed by atoms with van der Waals surface area (Å²) in [7, 11) is -4.40. The Balaban J connectivity index is 4.19. The van der Waals surface area contributed by atoms with E-state index in [1.165, 1.54) is 89.9 Å². The molecule has 0 aliphatic carbocycles. The van der Waals surface area contributed by atoms with Gasteiger partial charge in [-0.15, -0.1) is 0 Å². The van der Waals surface area contributed by atoms with Crippen molar-refractivity contribution in [1.29, 1.82) is 0 Å². The molecule has 0 aromatic rings. The summed E-state index contributed by atoms with van der Waals surface area (Å²) in [6.45, 7) is 3.48. The van der Waals surface area contributed by atoms with Crippen molar-refractivity contribution < 1.29 is 37.6 Å². The van der Waals surface area contributed by atoms with Crippen LogP contribution in [0.4, 0.5) is 0 Å². The highest BCUT2D eigenvalue weighted by atomic mass is 31.2. The molecule has 0 aliphatic rings. The SMILES string of the molecule is CC/C=C/C=C/C=C/C=C/C=C/CCCC(=O)OC(COC(=O)CCCCCCCCC/C=C/CCCCCCCCCCCC)COP(=O)(O)OCCN. The Bertz CT molecular complexity index is 1130. The standard InChI is InChI=1S/C45H78NO8P/c1-3-5-7-9-11-13-15-17-18-19-20-21-22-23-24-26-27-29-31-33-35-37-44(47)51-41-43(42-53-55(49,50)52-40-39-46)54-45(48)38-36-34-32-30-28-25-16-14-12-10-8-6-4-2/h6,8,10,12,14,16,21-22,25,28,30,32,43H,3-5,7,9,11,13,15,17-20,23-24,26-27,29,31,33-42,46H2,1-2H3,(H,49,50)/b8-6+,12-10+,16-14+,22-21+,28-25+,32-30+. The minimum atomic E-state index is -4.40. The van der Waals surface area contributed by atoms with Gasteiger partial charge in [0.2, 0.25) is 0 Å². The first-order valence-corrected chi connectivity index (χ1v) is 23.0. The molecular formula is C45H78NO8P. The third kappa shape index (κ3) is 40.9. The highest BCUT2D eigenvalue weighted by Crippen LogP contribution is 2.43. The number of unbranched alkanes of at least 4 members (excludes halogenated alkanes) is 18. The minimum absolute atomic E-state index is 0.0380. The number of carbonyl (C=O) groups is 2. The topological polar surface area (TPSA) is 134 Å². The number of phosphoric acid groups is 1. The van der Waals surface area contributed by atoms with Crippen LogP contribution in [0, 0.1) is 0 Å². The maximum Gasteiger partial charge on any atom is 0.472 e. The Morgan fingerprint density at radius 2 is 1.04 bits per heavy atom. The van der Waals surface area contributed by atoms with Crippen molar-refractivity contribution in [3.05, 3.63) is 72.9 Å². The quantitative estimate of drug-likeness (QED) is 0.0205. The molecule has 0 aromatic heterocycles. The largest absolute Gasteiger partial charge is 0.472 e. The van der Waals surface area contributed by atoms with Gasteiger partial charge in [0.1, 0.15) is 6.61 Å².